The van der Waals surface area contributed by atoms with Gasteiger partial charge in [-0.1, -0.05) is 30.7 Å². The summed E-state index contributed by atoms with van der Waals surface area (Å²) in [4.78, 5) is 0. The summed E-state index contributed by atoms with van der Waals surface area (Å²) in [6.07, 6.45) is 1.78. The third kappa shape index (κ3) is 5.07. The van der Waals surface area contributed by atoms with Gasteiger partial charge in [0.15, 0.2) is 17.3 Å². The first-order valence-electron chi connectivity index (χ1n) is 9.16. The van der Waals surface area contributed by atoms with E-state index in [1.807, 2.05) is 12.1 Å². The van der Waals surface area contributed by atoms with E-state index in [4.69, 9.17) is 33.3 Å². The summed E-state index contributed by atoms with van der Waals surface area (Å²) < 4.78 is 27.4. The number of halogens is 2. The van der Waals surface area contributed by atoms with E-state index in [0.717, 1.165) is 24.2 Å². The van der Waals surface area contributed by atoms with E-state index in [0.29, 0.717) is 33.4 Å². The molecule has 0 radical (unpaired) electrons. The van der Waals surface area contributed by atoms with E-state index in [2.05, 4.69) is 22.5 Å². The molecule has 29 heavy (non-hydrogen) atoms. The number of aromatic nitrogens is 3. The Morgan fingerprint density at radius 1 is 1.28 bits per heavy atom. The van der Waals surface area contributed by atoms with Crippen LogP contribution in [0.5, 0.6) is 11.5 Å². The lowest BCUT2D eigenvalue weighted by molar-refractivity contribution is 0.279. The Labute approximate surface area is 178 Å². The molecule has 0 saturated heterocycles. The van der Waals surface area contributed by atoms with Crippen LogP contribution in [0.1, 0.15) is 30.3 Å². The Bertz CT molecular complexity index is 1020. The number of methoxy groups -OCH3 is 1. The van der Waals surface area contributed by atoms with Crippen molar-refractivity contribution in [3.05, 3.63) is 69.0 Å². The fourth-order valence-electron chi connectivity index (χ4n) is 2.82. The van der Waals surface area contributed by atoms with E-state index in [1.54, 1.807) is 30.0 Å². The molecule has 0 atom stereocenters. The predicted molar refractivity (Wildman–Crippen MR) is 113 cm³/mol. The van der Waals surface area contributed by atoms with Gasteiger partial charge in [-0.3, -0.25) is 5.10 Å². The summed E-state index contributed by atoms with van der Waals surface area (Å²) in [5.74, 6) is 1.49. The number of ether oxygens (including phenoxy) is 2. The van der Waals surface area contributed by atoms with Gasteiger partial charge in [0.1, 0.15) is 12.4 Å². The summed E-state index contributed by atoms with van der Waals surface area (Å²) in [5, 5.41) is 7.35. The fraction of sp³-hybridized carbons (Fsp3) is 0.300. The number of hydrogen-bond donors (Lipinski definition) is 2. The molecule has 0 unspecified atom stereocenters. The number of H-pyrrole nitrogens is 1. The molecule has 0 aliphatic rings. The van der Waals surface area contributed by atoms with Gasteiger partial charge in [0, 0.05) is 12.0 Å². The average molecular weight is 437 g/mol. The van der Waals surface area contributed by atoms with Crippen molar-refractivity contribution in [2.75, 3.05) is 12.5 Å². The van der Waals surface area contributed by atoms with Gasteiger partial charge in [-0.2, -0.15) is 5.10 Å². The van der Waals surface area contributed by atoms with Gasteiger partial charge in [-0.05, 0) is 48.5 Å². The monoisotopic (exact) mass is 436 g/mol. The largest absolute Gasteiger partial charge is 0.493 e. The Morgan fingerprint density at radius 3 is 2.83 bits per heavy atom. The van der Waals surface area contributed by atoms with Gasteiger partial charge in [-0.25, -0.2) is 9.07 Å². The highest BCUT2D eigenvalue weighted by molar-refractivity contribution is 7.71. The number of aromatic amines is 1. The highest BCUT2D eigenvalue weighted by Gasteiger charge is 2.11. The maximum absolute atomic E-state index is 13.9. The van der Waals surface area contributed by atoms with E-state index in [-0.39, 0.29) is 6.61 Å². The van der Waals surface area contributed by atoms with Crippen molar-refractivity contribution in [2.45, 2.75) is 32.9 Å². The summed E-state index contributed by atoms with van der Waals surface area (Å²) in [6.45, 7) is 2.60. The molecule has 9 heteroatoms. The maximum atomic E-state index is 13.9. The molecule has 0 fully saturated rings. The third-order valence-corrected chi connectivity index (χ3v) is 4.95. The van der Waals surface area contributed by atoms with Crippen LogP contribution in [0.3, 0.4) is 0 Å². The van der Waals surface area contributed by atoms with E-state index >= 15 is 0 Å². The van der Waals surface area contributed by atoms with E-state index < -0.39 is 5.82 Å². The lowest BCUT2D eigenvalue weighted by atomic mass is 10.2. The molecule has 2 N–H and O–H groups in total. The Kier molecular flexibility index (Phi) is 7.11. The molecular formula is C20H22ClFN4O2S. The van der Waals surface area contributed by atoms with Crippen molar-refractivity contribution in [3.63, 3.8) is 0 Å². The van der Waals surface area contributed by atoms with Crippen LogP contribution >= 0.6 is 23.8 Å². The number of aryl methyl sites for hydroxylation is 1. The van der Waals surface area contributed by atoms with Crippen molar-refractivity contribution >= 4 is 23.8 Å². The molecule has 0 amide bonds. The number of rotatable bonds is 9. The summed E-state index contributed by atoms with van der Waals surface area (Å²) in [7, 11) is 1.56. The molecule has 1 heterocycles. The Morgan fingerprint density at radius 2 is 2.10 bits per heavy atom. The van der Waals surface area contributed by atoms with Gasteiger partial charge in [0.2, 0.25) is 4.77 Å². The maximum Gasteiger partial charge on any atom is 0.214 e. The van der Waals surface area contributed by atoms with Crippen molar-refractivity contribution in [2.24, 2.45) is 0 Å². The van der Waals surface area contributed by atoms with Crippen LogP contribution in [-0.4, -0.2) is 22.0 Å². The smallest absolute Gasteiger partial charge is 0.214 e. The number of nitrogens with one attached hydrogen (secondary N) is 2. The van der Waals surface area contributed by atoms with E-state index in [1.165, 1.54) is 6.07 Å². The first kappa shape index (κ1) is 21.1. The van der Waals surface area contributed by atoms with Crippen LogP contribution in [0, 0.1) is 10.6 Å². The molecule has 0 bridgehead atoms. The van der Waals surface area contributed by atoms with Gasteiger partial charge in [0.25, 0.3) is 0 Å². The van der Waals surface area contributed by atoms with E-state index in [9.17, 15) is 4.39 Å². The molecule has 154 valence electrons. The van der Waals surface area contributed by atoms with Crippen LogP contribution in [0.4, 0.5) is 4.39 Å². The van der Waals surface area contributed by atoms with Gasteiger partial charge in [0.05, 0.1) is 18.7 Å². The minimum Gasteiger partial charge on any atom is -0.493 e. The van der Waals surface area contributed by atoms with Crippen molar-refractivity contribution in [1.82, 2.24) is 14.9 Å². The molecule has 0 aliphatic carbocycles. The molecule has 3 rings (SSSR count). The van der Waals surface area contributed by atoms with Gasteiger partial charge >= 0.3 is 0 Å². The topological polar surface area (TPSA) is 64.1 Å². The van der Waals surface area contributed by atoms with Crippen LogP contribution < -0.4 is 14.9 Å². The molecule has 0 aliphatic heterocycles. The standard InChI is InChI=1S/C20H22ClFN4O2S/c1-3-5-19-24-25-20(29)26(19)23-11-13-8-9-17(18(10-13)27-2)28-12-14-15(21)6-4-7-16(14)22/h4,6-10,23H,3,5,11-12H2,1-2H3,(H,25,29). The summed E-state index contributed by atoms with van der Waals surface area (Å²) in [6, 6.07) is 10.1. The Hall–Kier alpha value is -2.58. The third-order valence-electron chi connectivity index (χ3n) is 4.32. The molecule has 3 aromatic rings. The second kappa shape index (κ2) is 9.76. The second-order valence-corrected chi connectivity index (χ2v) is 7.13. The van der Waals surface area contributed by atoms with Crippen molar-refractivity contribution < 1.29 is 13.9 Å². The van der Waals surface area contributed by atoms with Gasteiger partial charge < -0.3 is 14.9 Å². The average Bonchev–Trinajstić information content (AvgIpc) is 3.06. The number of benzene rings is 2. The molecule has 6 nitrogen and oxygen atoms in total. The minimum absolute atomic E-state index is 0.00399. The highest BCUT2D eigenvalue weighted by Crippen LogP contribution is 2.30. The zero-order valence-corrected chi connectivity index (χ0v) is 17.7. The first-order valence-corrected chi connectivity index (χ1v) is 9.94. The molecular weight excluding hydrogens is 415 g/mol. The van der Waals surface area contributed by atoms with Gasteiger partial charge in [-0.15, -0.1) is 0 Å². The fourth-order valence-corrected chi connectivity index (χ4v) is 3.25. The minimum atomic E-state index is -0.406. The lowest BCUT2D eigenvalue weighted by Crippen LogP contribution is -2.17. The molecule has 2 aromatic carbocycles. The quantitative estimate of drug-likeness (QED) is 0.461. The van der Waals surface area contributed by atoms with Crippen LogP contribution in [0.15, 0.2) is 36.4 Å². The normalized spacial score (nSPS) is 10.8. The number of hydrogen-bond acceptors (Lipinski definition) is 5. The molecule has 0 spiro atoms. The second-order valence-electron chi connectivity index (χ2n) is 6.34. The van der Waals surface area contributed by atoms with Crippen molar-refractivity contribution in [3.8, 4) is 11.5 Å². The molecule has 1 aromatic heterocycles. The Balaban J connectivity index is 1.70. The molecule has 0 saturated carbocycles. The zero-order valence-electron chi connectivity index (χ0n) is 16.2. The first-order chi connectivity index (χ1) is 14.0. The van der Waals surface area contributed by atoms with Crippen LogP contribution in [0.25, 0.3) is 0 Å². The zero-order chi connectivity index (χ0) is 20.8. The van der Waals surface area contributed by atoms with Crippen LogP contribution in [-0.2, 0) is 19.6 Å². The SMILES string of the molecule is CCCc1n[nH]c(=S)n1NCc1ccc(OCc2c(F)cccc2Cl)c(OC)c1. The highest BCUT2D eigenvalue weighted by atomic mass is 35.5. The lowest BCUT2D eigenvalue weighted by Gasteiger charge is -2.14. The predicted octanol–water partition coefficient (Wildman–Crippen LogP) is 5.02. The van der Waals surface area contributed by atoms with Crippen LogP contribution in [0.2, 0.25) is 5.02 Å². The van der Waals surface area contributed by atoms with Crippen molar-refractivity contribution in [1.29, 1.82) is 0 Å². The number of nitrogens with zero attached hydrogens (tertiary/aromatic N) is 2. The summed E-state index contributed by atoms with van der Waals surface area (Å²) in [5.41, 5.74) is 4.53. The summed E-state index contributed by atoms with van der Waals surface area (Å²) >= 11 is 11.3.